The predicted molar refractivity (Wildman–Crippen MR) is 110 cm³/mol. The molecular weight excluding hydrogens is 384 g/mol. The number of nitrogens with one attached hydrogen (secondary N) is 2. The number of H-pyrrole nitrogens is 1. The summed E-state index contributed by atoms with van der Waals surface area (Å²) in [7, 11) is 1.86. The van der Waals surface area contributed by atoms with E-state index in [1.807, 2.05) is 29.0 Å². The molecule has 0 atom stereocenters. The van der Waals surface area contributed by atoms with E-state index in [-0.39, 0.29) is 11.9 Å². The Balaban J connectivity index is 1.39. The van der Waals surface area contributed by atoms with Crippen LogP contribution in [0, 0.1) is 0 Å². The van der Waals surface area contributed by atoms with Gasteiger partial charge in [-0.05, 0) is 12.8 Å². The summed E-state index contributed by atoms with van der Waals surface area (Å²) in [5.41, 5.74) is 3.10. The first-order valence-electron chi connectivity index (χ1n) is 9.83. The number of rotatable bonds is 4. The van der Waals surface area contributed by atoms with Gasteiger partial charge in [0, 0.05) is 39.5 Å². The number of nitrogens with zero attached hydrogens (tertiary/aromatic N) is 8. The molecule has 1 fully saturated rings. The largest absolute Gasteiger partial charge is 0.343 e. The zero-order chi connectivity index (χ0) is 20.7. The van der Waals surface area contributed by atoms with E-state index in [4.69, 9.17) is 0 Å². The van der Waals surface area contributed by atoms with E-state index in [1.54, 1.807) is 30.2 Å². The zero-order valence-corrected chi connectivity index (χ0v) is 16.8. The fourth-order valence-corrected chi connectivity index (χ4v) is 3.78. The van der Waals surface area contributed by atoms with Crippen molar-refractivity contribution in [2.45, 2.75) is 25.8 Å². The lowest BCUT2D eigenvalue weighted by atomic mass is 10.1. The number of carbonyl (C=O) groups is 1. The molecule has 0 bridgehead atoms. The monoisotopic (exact) mass is 406 g/mol. The molecule has 0 aromatic carbocycles. The molecule has 0 saturated carbocycles. The number of aryl methyl sites for hydroxylation is 1. The van der Waals surface area contributed by atoms with E-state index in [0.29, 0.717) is 11.6 Å². The second-order valence-electron chi connectivity index (χ2n) is 7.50. The van der Waals surface area contributed by atoms with E-state index in [1.165, 1.54) is 0 Å². The molecule has 0 aliphatic carbocycles. The third-order valence-corrected chi connectivity index (χ3v) is 5.41. The Morgan fingerprint density at radius 1 is 1.13 bits per heavy atom. The molecular formula is C19H22N10O. The van der Waals surface area contributed by atoms with Gasteiger partial charge in [0.1, 0.15) is 11.0 Å². The predicted octanol–water partition coefficient (Wildman–Crippen LogP) is 1.88. The van der Waals surface area contributed by atoms with Gasteiger partial charge in [-0.3, -0.25) is 19.3 Å². The third kappa shape index (κ3) is 3.38. The number of carbonyl (C=O) groups excluding carboxylic acids is 1. The fourth-order valence-electron chi connectivity index (χ4n) is 3.78. The van der Waals surface area contributed by atoms with Gasteiger partial charge in [-0.15, -0.1) is 0 Å². The molecule has 5 heterocycles. The summed E-state index contributed by atoms with van der Waals surface area (Å²) < 4.78 is 3.68. The Hall–Kier alpha value is -3.76. The van der Waals surface area contributed by atoms with E-state index in [2.05, 4.69) is 35.7 Å². The van der Waals surface area contributed by atoms with Crippen LogP contribution in [0.15, 0.2) is 31.0 Å². The van der Waals surface area contributed by atoms with Crippen LogP contribution in [0.1, 0.15) is 25.8 Å². The van der Waals surface area contributed by atoms with Crippen LogP contribution < -0.4 is 5.32 Å². The number of hydrogen-bond acceptors (Lipinski definition) is 7. The summed E-state index contributed by atoms with van der Waals surface area (Å²) in [5.74, 6) is 1.33. The molecule has 2 N–H and O–H groups in total. The molecule has 0 spiro atoms. The van der Waals surface area contributed by atoms with Gasteiger partial charge in [0.05, 0.1) is 35.9 Å². The van der Waals surface area contributed by atoms with Crippen molar-refractivity contribution in [3.63, 3.8) is 0 Å². The average Bonchev–Trinajstić information content (AvgIpc) is 3.48. The first kappa shape index (κ1) is 18.3. The maximum absolute atomic E-state index is 11.5. The molecule has 1 aliphatic rings. The second kappa shape index (κ2) is 7.25. The molecule has 1 amide bonds. The molecule has 154 valence electrons. The van der Waals surface area contributed by atoms with Crippen LogP contribution in [-0.4, -0.2) is 63.6 Å². The highest BCUT2D eigenvalue weighted by Crippen LogP contribution is 2.27. The average molecular weight is 406 g/mol. The Morgan fingerprint density at radius 2 is 1.97 bits per heavy atom. The Morgan fingerprint density at radius 3 is 2.70 bits per heavy atom. The van der Waals surface area contributed by atoms with Crippen LogP contribution in [0.2, 0.25) is 0 Å². The summed E-state index contributed by atoms with van der Waals surface area (Å²) in [5, 5.41) is 19.1. The number of piperidine rings is 1. The number of hydrogen-bond donors (Lipinski definition) is 2. The maximum Gasteiger partial charge on any atom is 0.219 e. The van der Waals surface area contributed by atoms with Crippen molar-refractivity contribution in [3.05, 3.63) is 31.0 Å². The van der Waals surface area contributed by atoms with Gasteiger partial charge < -0.3 is 10.2 Å². The number of fused-ring (bicyclic) bond motifs is 1. The quantitative estimate of drug-likeness (QED) is 0.530. The Kier molecular flexibility index (Phi) is 4.42. The van der Waals surface area contributed by atoms with Gasteiger partial charge >= 0.3 is 0 Å². The molecule has 11 nitrogen and oxygen atoms in total. The molecule has 5 rings (SSSR count). The van der Waals surface area contributed by atoms with Gasteiger partial charge in [0.25, 0.3) is 0 Å². The number of anilines is 2. The summed E-state index contributed by atoms with van der Waals surface area (Å²) in [4.78, 5) is 22.7. The van der Waals surface area contributed by atoms with Gasteiger partial charge in [0.15, 0.2) is 11.6 Å². The first-order valence-corrected chi connectivity index (χ1v) is 9.83. The zero-order valence-electron chi connectivity index (χ0n) is 16.8. The highest BCUT2D eigenvalue weighted by atomic mass is 16.2. The van der Waals surface area contributed by atoms with Gasteiger partial charge in [-0.25, -0.2) is 9.97 Å². The lowest BCUT2D eigenvalue weighted by Crippen LogP contribution is -2.37. The minimum absolute atomic E-state index is 0.132. The van der Waals surface area contributed by atoms with E-state index in [9.17, 15) is 4.79 Å². The van der Waals surface area contributed by atoms with Crippen LogP contribution in [0.25, 0.3) is 22.4 Å². The molecule has 4 aromatic rings. The van der Waals surface area contributed by atoms with Crippen molar-refractivity contribution in [2.24, 2.45) is 7.05 Å². The number of likely N-dealkylation sites (tertiary alicyclic amines) is 1. The summed E-state index contributed by atoms with van der Waals surface area (Å²) in [6.45, 7) is 3.14. The highest BCUT2D eigenvalue weighted by Gasteiger charge is 2.22. The van der Waals surface area contributed by atoms with Crippen molar-refractivity contribution < 1.29 is 4.79 Å². The van der Waals surface area contributed by atoms with Crippen LogP contribution in [0.3, 0.4) is 0 Å². The van der Waals surface area contributed by atoms with Crippen molar-refractivity contribution in [3.8, 4) is 11.4 Å². The standard InChI is InChI=1S/C19H22N10O/c1-12(30)28-5-3-15(4-6-28)29-11-14(8-22-29)23-19-17-16(9-20-26-17)24-18(25-19)13-7-21-27(2)10-13/h7-11,15H,3-6H2,1-2H3,(H,20,26)(H,23,24,25). The minimum atomic E-state index is 0.132. The smallest absolute Gasteiger partial charge is 0.219 e. The fraction of sp³-hybridized carbons (Fsp3) is 0.368. The summed E-state index contributed by atoms with van der Waals surface area (Å²) >= 11 is 0. The van der Waals surface area contributed by atoms with Crippen LogP contribution >= 0.6 is 0 Å². The molecule has 0 unspecified atom stereocenters. The molecule has 0 radical (unpaired) electrons. The maximum atomic E-state index is 11.5. The van der Waals surface area contributed by atoms with Crippen molar-refractivity contribution >= 4 is 28.4 Å². The number of aromatic nitrogens is 8. The van der Waals surface area contributed by atoms with Crippen molar-refractivity contribution in [2.75, 3.05) is 18.4 Å². The summed E-state index contributed by atoms with van der Waals surface area (Å²) in [6.07, 6.45) is 10.8. The first-order chi connectivity index (χ1) is 14.6. The summed E-state index contributed by atoms with van der Waals surface area (Å²) in [6, 6.07) is 0.277. The van der Waals surface area contributed by atoms with Crippen LogP contribution in [0.5, 0.6) is 0 Å². The number of amides is 1. The third-order valence-electron chi connectivity index (χ3n) is 5.41. The Labute approximate surface area is 172 Å². The van der Waals surface area contributed by atoms with E-state index >= 15 is 0 Å². The van der Waals surface area contributed by atoms with Gasteiger partial charge in [-0.1, -0.05) is 0 Å². The lowest BCUT2D eigenvalue weighted by molar-refractivity contribution is -0.130. The van der Waals surface area contributed by atoms with Crippen molar-refractivity contribution in [1.29, 1.82) is 0 Å². The molecule has 30 heavy (non-hydrogen) atoms. The minimum Gasteiger partial charge on any atom is -0.343 e. The van der Waals surface area contributed by atoms with Crippen LogP contribution in [0.4, 0.5) is 11.5 Å². The SMILES string of the molecule is CC(=O)N1CCC(n2cc(Nc3nc(-c4cnn(C)c4)nc4cn[nH]c34)cn2)CC1. The molecule has 4 aromatic heterocycles. The highest BCUT2D eigenvalue weighted by molar-refractivity contribution is 5.88. The van der Waals surface area contributed by atoms with E-state index < -0.39 is 0 Å². The molecule has 1 aliphatic heterocycles. The Bertz CT molecular complexity index is 1200. The molecule has 11 heteroatoms. The second-order valence-corrected chi connectivity index (χ2v) is 7.50. The lowest BCUT2D eigenvalue weighted by Gasteiger charge is -2.31. The normalized spacial score (nSPS) is 15.1. The van der Waals surface area contributed by atoms with E-state index in [0.717, 1.165) is 48.2 Å². The van der Waals surface area contributed by atoms with Gasteiger partial charge in [0.2, 0.25) is 5.91 Å². The topological polar surface area (TPSA) is 122 Å². The molecule has 1 saturated heterocycles. The van der Waals surface area contributed by atoms with Crippen molar-refractivity contribution in [1.82, 2.24) is 44.6 Å². The van der Waals surface area contributed by atoms with Crippen LogP contribution in [-0.2, 0) is 11.8 Å². The van der Waals surface area contributed by atoms with Gasteiger partial charge in [-0.2, -0.15) is 15.3 Å². The number of aromatic amines is 1.